The molecule has 0 unspecified atom stereocenters. The average Bonchev–Trinajstić information content (AvgIpc) is 2.93. The van der Waals surface area contributed by atoms with Crippen LogP contribution in [0, 0.1) is 5.92 Å². The van der Waals surface area contributed by atoms with Gasteiger partial charge in [0.25, 0.3) is 11.7 Å². The molecule has 0 bridgehead atoms. The molecular formula is C31H32F3N3O8. The zero-order valence-corrected chi connectivity index (χ0v) is 25.1. The quantitative estimate of drug-likeness (QED) is 0.311. The fourth-order valence-electron chi connectivity index (χ4n) is 4.75. The number of carbonyl (C=O) groups is 6. The smallest absolute Gasteiger partial charge is 0.423 e. The van der Waals surface area contributed by atoms with Crippen LogP contribution in [0.5, 0.6) is 11.5 Å². The number of nitrogens with one attached hydrogen (secondary N) is 1. The molecule has 3 rings (SSSR count). The van der Waals surface area contributed by atoms with Crippen molar-refractivity contribution < 1.29 is 51.4 Å². The highest BCUT2D eigenvalue weighted by Gasteiger charge is 2.45. The number of amides is 3. The van der Waals surface area contributed by atoms with E-state index in [-0.39, 0.29) is 22.8 Å². The molecule has 240 valence electrons. The zero-order valence-electron chi connectivity index (χ0n) is 25.1. The van der Waals surface area contributed by atoms with Crippen LogP contribution < -0.4 is 14.8 Å². The first kappa shape index (κ1) is 34.5. The molecule has 45 heavy (non-hydrogen) atoms. The highest BCUT2D eigenvalue weighted by molar-refractivity contribution is 6.00. The summed E-state index contributed by atoms with van der Waals surface area (Å²) in [5, 5.41) is 2.12. The number of halogens is 3. The number of benzene rings is 2. The minimum atomic E-state index is -5.25. The molecule has 1 aliphatic rings. The maximum absolute atomic E-state index is 13.9. The molecule has 2 atom stereocenters. The van der Waals surface area contributed by atoms with E-state index in [2.05, 4.69) is 5.32 Å². The molecule has 0 saturated carbocycles. The van der Waals surface area contributed by atoms with Crippen molar-refractivity contribution in [3.05, 3.63) is 65.9 Å². The molecule has 0 saturated heterocycles. The van der Waals surface area contributed by atoms with Crippen LogP contribution in [0.15, 0.2) is 54.7 Å². The molecule has 3 amide bonds. The predicted octanol–water partition coefficient (Wildman–Crippen LogP) is 3.41. The summed E-state index contributed by atoms with van der Waals surface area (Å²) in [5.74, 6) is -6.79. The van der Waals surface area contributed by atoms with Crippen molar-refractivity contribution in [1.82, 2.24) is 15.1 Å². The fraction of sp³-hybridized carbons (Fsp3) is 0.355. The van der Waals surface area contributed by atoms with Crippen molar-refractivity contribution in [2.24, 2.45) is 5.92 Å². The molecule has 1 N–H and O–H groups in total. The van der Waals surface area contributed by atoms with Gasteiger partial charge in [0.1, 0.15) is 18.6 Å². The van der Waals surface area contributed by atoms with Gasteiger partial charge >= 0.3 is 18.1 Å². The summed E-state index contributed by atoms with van der Waals surface area (Å²) >= 11 is 0. The summed E-state index contributed by atoms with van der Waals surface area (Å²) in [5.41, 5.74) is 0.439. The van der Waals surface area contributed by atoms with E-state index in [1.54, 1.807) is 32.0 Å². The molecular weight excluding hydrogens is 599 g/mol. The van der Waals surface area contributed by atoms with Gasteiger partial charge in [-0.3, -0.25) is 33.7 Å². The van der Waals surface area contributed by atoms with Gasteiger partial charge in [-0.15, -0.1) is 0 Å². The van der Waals surface area contributed by atoms with Crippen LogP contribution in [0.4, 0.5) is 13.2 Å². The molecule has 1 aliphatic heterocycles. The molecule has 0 spiro atoms. The van der Waals surface area contributed by atoms with Crippen molar-refractivity contribution in [3.63, 3.8) is 0 Å². The molecule has 2 aromatic carbocycles. The van der Waals surface area contributed by atoms with E-state index in [4.69, 9.17) is 9.47 Å². The first-order valence-electron chi connectivity index (χ1n) is 13.8. The Bertz CT molecular complexity index is 1520. The Kier molecular flexibility index (Phi) is 10.9. The Labute approximate surface area is 256 Å². The van der Waals surface area contributed by atoms with Gasteiger partial charge in [-0.25, -0.2) is 0 Å². The Balaban J connectivity index is 2.07. The normalized spacial score (nSPS) is 15.7. The number of nitrogens with zero attached hydrogens (tertiary/aromatic N) is 2. The molecule has 0 radical (unpaired) electrons. The number of ether oxygens (including phenoxy) is 2. The van der Waals surface area contributed by atoms with E-state index in [1.165, 1.54) is 43.5 Å². The van der Waals surface area contributed by atoms with Gasteiger partial charge in [-0.05, 0) is 29.7 Å². The zero-order chi connectivity index (χ0) is 33.6. The summed E-state index contributed by atoms with van der Waals surface area (Å²) in [6, 6.07) is 8.59. The standard InChI is InChI=1S/C31H32F3N3O8/c1-17(2)28-30(43)37(16-27(41)35-23(29(42)31(32,33)34)13-21-9-7-6-8-10-21)24(15-36(28)18(3)38)22-11-12-25(44-19(4)39)26(14-22)45-20(5)40/h6-12,14-15,17,23,28H,13,16H2,1-5H3,(H,35,41)/t23-,28-/m0/s1. The average molecular weight is 632 g/mol. The van der Waals surface area contributed by atoms with E-state index < -0.39 is 72.6 Å². The van der Waals surface area contributed by atoms with Crippen LogP contribution in [0.2, 0.25) is 0 Å². The SMILES string of the molecule is CC(=O)Oc1ccc(C2=CN(C(C)=O)[C@@H](C(C)C)C(=O)N2CC(=O)N[C@@H](Cc2ccccc2)C(=O)C(F)(F)F)cc1OC(C)=O. The number of hydrogen-bond acceptors (Lipinski definition) is 8. The lowest BCUT2D eigenvalue weighted by Gasteiger charge is -2.40. The minimum absolute atomic E-state index is 0.0493. The fourth-order valence-corrected chi connectivity index (χ4v) is 4.75. The predicted molar refractivity (Wildman–Crippen MR) is 153 cm³/mol. The van der Waals surface area contributed by atoms with Crippen LogP contribution in [0.25, 0.3) is 5.70 Å². The van der Waals surface area contributed by atoms with Crippen molar-refractivity contribution in [3.8, 4) is 11.5 Å². The van der Waals surface area contributed by atoms with E-state index in [0.717, 1.165) is 23.6 Å². The van der Waals surface area contributed by atoms with Crippen LogP contribution in [-0.2, 0) is 35.2 Å². The van der Waals surface area contributed by atoms with E-state index in [1.807, 2.05) is 0 Å². The Morgan fingerprint density at radius 1 is 0.911 bits per heavy atom. The van der Waals surface area contributed by atoms with Crippen LogP contribution >= 0.6 is 0 Å². The third kappa shape index (κ3) is 8.77. The molecule has 2 aromatic rings. The van der Waals surface area contributed by atoms with Crippen molar-refractivity contribution in [2.75, 3.05) is 6.54 Å². The topological polar surface area (TPSA) is 139 Å². The van der Waals surface area contributed by atoms with Gasteiger partial charge in [0.05, 0.1) is 5.70 Å². The molecule has 11 nitrogen and oxygen atoms in total. The van der Waals surface area contributed by atoms with Crippen LogP contribution in [0.1, 0.15) is 45.7 Å². The number of rotatable bonds is 10. The van der Waals surface area contributed by atoms with Gasteiger partial charge < -0.3 is 19.7 Å². The van der Waals surface area contributed by atoms with Gasteiger partial charge in [0.15, 0.2) is 11.5 Å². The molecule has 0 aromatic heterocycles. The number of hydrogen-bond donors (Lipinski definition) is 1. The number of Topliss-reactive ketones (excluding diaryl/α,β-unsaturated/α-hetero) is 1. The second kappa shape index (κ2) is 14.2. The molecule has 0 aliphatic carbocycles. The van der Waals surface area contributed by atoms with Gasteiger partial charge in [-0.1, -0.05) is 44.2 Å². The van der Waals surface area contributed by atoms with Crippen LogP contribution in [0.3, 0.4) is 0 Å². The number of alkyl halides is 3. The Morgan fingerprint density at radius 3 is 2.04 bits per heavy atom. The van der Waals surface area contributed by atoms with Crippen molar-refractivity contribution in [2.45, 2.75) is 59.3 Å². The Morgan fingerprint density at radius 2 is 1.51 bits per heavy atom. The maximum atomic E-state index is 13.9. The number of ketones is 1. The lowest BCUT2D eigenvalue weighted by atomic mass is 9.96. The van der Waals surface area contributed by atoms with Gasteiger partial charge in [0, 0.05) is 39.0 Å². The monoisotopic (exact) mass is 631 g/mol. The van der Waals surface area contributed by atoms with Crippen molar-refractivity contribution in [1.29, 1.82) is 0 Å². The highest BCUT2D eigenvalue weighted by atomic mass is 19.4. The molecule has 14 heteroatoms. The largest absolute Gasteiger partial charge is 0.452 e. The first-order chi connectivity index (χ1) is 21.0. The first-order valence-corrected chi connectivity index (χ1v) is 13.8. The molecule has 1 heterocycles. The summed E-state index contributed by atoms with van der Waals surface area (Å²) in [7, 11) is 0. The highest BCUT2D eigenvalue weighted by Crippen LogP contribution is 2.35. The van der Waals surface area contributed by atoms with Crippen LogP contribution in [-0.4, -0.2) is 70.0 Å². The molecule has 0 fully saturated rings. The van der Waals surface area contributed by atoms with Gasteiger partial charge in [0.2, 0.25) is 11.8 Å². The third-order valence-corrected chi connectivity index (χ3v) is 6.63. The third-order valence-electron chi connectivity index (χ3n) is 6.63. The summed E-state index contributed by atoms with van der Waals surface area (Å²) < 4.78 is 50.7. The van der Waals surface area contributed by atoms with E-state index >= 15 is 0 Å². The Hall–Kier alpha value is -5.01. The number of carbonyl (C=O) groups excluding carboxylic acids is 6. The second-order valence-corrected chi connectivity index (χ2v) is 10.6. The summed E-state index contributed by atoms with van der Waals surface area (Å²) in [6.07, 6.45) is -4.42. The van der Waals surface area contributed by atoms with Crippen molar-refractivity contribution >= 4 is 41.1 Å². The summed E-state index contributed by atoms with van der Waals surface area (Å²) in [4.78, 5) is 77.5. The minimum Gasteiger partial charge on any atom is -0.423 e. The van der Waals surface area contributed by atoms with E-state index in [0.29, 0.717) is 5.56 Å². The second-order valence-electron chi connectivity index (χ2n) is 10.6. The van der Waals surface area contributed by atoms with E-state index in [9.17, 15) is 41.9 Å². The maximum Gasteiger partial charge on any atom is 0.452 e. The van der Waals surface area contributed by atoms with Gasteiger partial charge in [-0.2, -0.15) is 13.2 Å². The lowest BCUT2D eigenvalue weighted by molar-refractivity contribution is -0.173. The summed E-state index contributed by atoms with van der Waals surface area (Å²) in [6.45, 7) is 5.96. The lowest BCUT2D eigenvalue weighted by Crippen LogP contribution is -2.57. The number of esters is 2.